The highest BCUT2D eigenvalue weighted by molar-refractivity contribution is 5.15. The first-order chi connectivity index (χ1) is 5.07. The molecule has 0 heteroatoms. The second kappa shape index (κ2) is 5.17. The average molecular weight is 152 g/mol. The summed E-state index contributed by atoms with van der Waals surface area (Å²) in [6, 6.07) is 0. The van der Waals surface area contributed by atoms with Crippen LogP contribution in [0.3, 0.4) is 0 Å². The first-order valence-electron chi connectivity index (χ1n) is 4.39. The van der Waals surface area contributed by atoms with E-state index in [2.05, 4.69) is 46.8 Å². The highest BCUT2D eigenvalue weighted by Gasteiger charge is 1.97. The van der Waals surface area contributed by atoms with Crippen LogP contribution in [0.1, 0.15) is 41.0 Å². The molecule has 1 atom stereocenters. The van der Waals surface area contributed by atoms with Crippen LogP contribution in [-0.2, 0) is 0 Å². The van der Waals surface area contributed by atoms with Crippen LogP contribution in [0.25, 0.3) is 0 Å². The normalized spacial score (nSPS) is 14.5. The Balaban J connectivity index is 4.11. The highest BCUT2D eigenvalue weighted by atomic mass is 14.0. The molecule has 0 aliphatic heterocycles. The predicted molar refractivity (Wildman–Crippen MR) is 52.6 cm³/mol. The van der Waals surface area contributed by atoms with Gasteiger partial charge in [-0.05, 0) is 33.1 Å². The Bertz CT molecular complexity index is 157. The van der Waals surface area contributed by atoms with E-state index in [0.717, 1.165) is 5.92 Å². The van der Waals surface area contributed by atoms with Gasteiger partial charge in [-0.25, -0.2) is 0 Å². The fraction of sp³-hybridized carbons (Fsp3) is 0.636. The van der Waals surface area contributed by atoms with Gasteiger partial charge in [0.1, 0.15) is 0 Å². The van der Waals surface area contributed by atoms with E-state index in [0.29, 0.717) is 0 Å². The molecule has 0 rings (SSSR count). The third-order valence-corrected chi connectivity index (χ3v) is 2.07. The Morgan fingerprint density at radius 1 is 1.18 bits per heavy atom. The van der Waals surface area contributed by atoms with E-state index in [1.807, 2.05) is 0 Å². The smallest absolute Gasteiger partial charge is 0.0234 e. The molecule has 0 aromatic rings. The molecule has 0 aromatic heterocycles. The molecule has 1 unspecified atom stereocenters. The molecule has 0 fully saturated rings. The summed E-state index contributed by atoms with van der Waals surface area (Å²) in [5.74, 6) is 0.727. The summed E-state index contributed by atoms with van der Waals surface area (Å²) >= 11 is 0. The standard InChI is InChI=1S/C11H20/c1-6-10(4)11(5)8-7-9(2)3/h7-8,10H,6H2,1-5H3/b11-8-. The molecule has 0 amide bonds. The van der Waals surface area contributed by atoms with Crippen molar-refractivity contribution in [2.75, 3.05) is 0 Å². The Labute approximate surface area is 71.0 Å². The van der Waals surface area contributed by atoms with Crippen LogP contribution in [0, 0.1) is 5.92 Å². The van der Waals surface area contributed by atoms with Gasteiger partial charge >= 0.3 is 0 Å². The van der Waals surface area contributed by atoms with Crippen molar-refractivity contribution in [3.05, 3.63) is 23.3 Å². The Morgan fingerprint density at radius 2 is 1.73 bits per heavy atom. The maximum atomic E-state index is 2.27. The van der Waals surface area contributed by atoms with E-state index >= 15 is 0 Å². The molecule has 11 heavy (non-hydrogen) atoms. The van der Waals surface area contributed by atoms with E-state index < -0.39 is 0 Å². The first kappa shape index (κ1) is 10.5. The van der Waals surface area contributed by atoms with Gasteiger partial charge in [0.25, 0.3) is 0 Å². The quantitative estimate of drug-likeness (QED) is 0.537. The molecule has 64 valence electrons. The monoisotopic (exact) mass is 152 g/mol. The van der Waals surface area contributed by atoms with Gasteiger partial charge < -0.3 is 0 Å². The fourth-order valence-electron chi connectivity index (χ4n) is 0.784. The fourth-order valence-corrected chi connectivity index (χ4v) is 0.784. The van der Waals surface area contributed by atoms with Crippen molar-refractivity contribution in [3.63, 3.8) is 0 Å². The van der Waals surface area contributed by atoms with Crippen LogP contribution in [0.2, 0.25) is 0 Å². The van der Waals surface area contributed by atoms with Crippen molar-refractivity contribution in [3.8, 4) is 0 Å². The lowest BCUT2D eigenvalue weighted by molar-refractivity contribution is 0.655. The molecule has 0 heterocycles. The largest absolute Gasteiger partial charge is 0.0764 e. The third kappa shape index (κ3) is 4.83. The molecule has 0 aromatic carbocycles. The summed E-state index contributed by atoms with van der Waals surface area (Å²) in [5.41, 5.74) is 2.85. The first-order valence-corrected chi connectivity index (χ1v) is 4.39. The molecule has 0 nitrogen and oxygen atoms in total. The lowest BCUT2D eigenvalue weighted by atomic mass is 9.99. The second-order valence-corrected chi connectivity index (χ2v) is 3.46. The zero-order valence-corrected chi connectivity index (χ0v) is 8.44. The second-order valence-electron chi connectivity index (χ2n) is 3.46. The summed E-state index contributed by atoms with van der Waals surface area (Å²) in [6.45, 7) is 10.9. The molecule has 0 N–H and O–H groups in total. The van der Waals surface area contributed by atoms with Crippen molar-refractivity contribution in [1.29, 1.82) is 0 Å². The van der Waals surface area contributed by atoms with Crippen molar-refractivity contribution >= 4 is 0 Å². The lowest BCUT2D eigenvalue weighted by Gasteiger charge is -2.07. The summed E-state index contributed by atoms with van der Waals surface area (Å²) in [4.78, 5) is 0. The van der Waals surface area contributed by atoms with Crippen LogP contribution in [0.4, 0.5) is 0 Å². The van der Waals surface area contributed by atoms with E-state index in [9.17, 15) is 0 Å². The number of hydrogen-bond acceptors (Lipinski definition) is 0. The van der Waals surface area contributed by atoms with E-state index in [-0.39, 0.29) is 0 Å². The maximum absolute atomic E-state index is 2.27. The Hall–Kier alpha value is -0.520. The van der Waals surface area contributed by atoms with Crippen LogP contribution < -0.4 is 0 Å². The van der Waals surface area contributed by atoms with Crippen LogP contribution in [0.5, 0.6) is 0 Å². The summed E-state index contributed by atoms with van der Waals surface area (Å²) in [6.07, 6.45) is 5.64. The minimum Gasteiger partial charge on any atom is -0.0764 e. The SMILES string of the molecule is CCC(C)/C(C)=C\C=C(C)C. The van der Waals surface area contributed by atoms with Crippen molar-refractivity contribution in [1.82, 2.24) is 0 Å². The van der Waals surface area contributed by atoms with Crippen LogP contribution in [-0.4, -0.2) is 0 Å². The molecule has 0 aliphatic rings. The van der Waals surface area contributed by atoms with Gasteiger partial charge in [-0.15, -0.1) is 0 Å². The number of hydrogen-bond donors (Lipinski definition) is 0. The zero-order valence-electron chi connectivity index (χ0n) is 8.44. The maximum Gasteiger partial charge on any atom is -0.0234 e. The topological polar surface area (TPSA) is 0 Å². The van der Waals surface area contributed by atoms with Crippen LogP contribution >= 0.6 is 0 Å². The van der Waals surface area contributed by atoms with E-state index in [1.165, 1.54) is 17.6 Å². The van der Waals surface area contributed by atoms with Crippen molar-refractivity contribution in [2.45, 2.75) is 41.0 Å². The van der Waals surface area contributed by atoms with Crippen molar-refractivity contribution in [2.24, 2.45) is 5.92 Å². The van der Waals surface area contributed by atoms with Gasteiger partial charge in [0.15, 0.2) is 0 Å². The third-order valence-electron chi connectivity index (χ3n) is 2.07. The van der Waals surface area contributed by atoms with Gasteiger partial charge in [-0.2, -0.15) is 0 Å². The molecule has 0 bridgehead atoms. The Morgan fingerprint density at radius 3 is 2.09 bits per heavy atom. The molecule has 0 radical (unpaired) electrons. The van der Waals surface area contributed by atoms with Gasteiger partial charge in [0.2, 0.25) is 0 Å². The molecule has 0 aliphatic carbocycles. The predicted octanol–water partition coefficient (Wildman–Crippen LogP) is 3.95. The van der Waals surface area contributed by atoms with Gasteiger partial charge in [-0.3, -0.25) is 0 Å². The molecule has 0 spiro atoms. The van der Waals surface area contributed by atoms with Gasteiger partial charge in [0, 0.05) is 0 Å². The lowest BCUT2D eigenvalue weighted by Crippen LogP contribution is -1.92. The Kier molecular flexibility index (Phi) is 4.93. The number of rotatable bonds is 3. The number of allylic oxidation sites excluding steroid dienone is 4. The minimum atomic E-state index is 0.727. The zero-order chi connectivity index (χ0) is 8.85. The summed E-state index contributed by atoms with van der Waals surface area (Å²) < 4.78 is 0. The van der Waals surface area contributed by atoms with Gasteiger partial charge in [0.05, 0.1) is 0 Å². The summed E-state index contributed by atoms with van der Waals surface area (Å²) in [5, 5.41) is 0. The van der Waals surface area contributed by atoms with Crippen molar-refractivity contribution < 1.29 is 0 Å². The molecule has 0 saturated carbocycles. The van der Waals surface area contributed by atoms with E-state index in [4.69, 9.17) is 0 Å². The highest BCUT2D eigenvalue weighted by Crippen LogP contribution is 2.13. The molecular weight excluding hydrogens is 132 g/mol. The van der Waals surface area contributed by atoms with Crippen LogP contribution in [0.15, 0.2) is 23.3 Å². The van der Waals surface area contributed by atoms with Gasteiger partial charge in [-0.1, -0.05) is 37.1 Å². The average Bonchev–Trinajstić information content (AvgIpc) is 1.98. The molecule has 0 saturated heterocycles. The minimum absolute atomic E-state index is 0.727. The summed E-state index contributed by atoms with van der Waals surface area (Å²) in [7, 11) is 0. The van der Waals surface area contributed by atoms with E-state index in [1.54, 1.807) is 0 Å². The molecular formula is C11H20.